The molecule has 0 spiro atoms. The first-order valence-corrected chi connectivity index (χ1v) is 10.6. The summed E-state index contributed by atoms with van der Waals surface area (Å²) >= 11 is 0. The lowest BCUT2D eigenvalue weighted by atomic mass is 10.1. The summed E-state index contributed by atoms with van der Waals surface area (Å²) in [6.45, 7) is 6.13. The van der Waals surface area contributed by atoms with Crippen molar-refractivity contribution in [1.82, 2.24) is 9.29 Å². The van der Waals surface area contributed by atoms with Gasteiger partial charge in [-0.25, -0.2) is 8.42 Å². The Kier molecular flexibility index (Phi) is 5.53. The largest absolute Gasteiger partial charge is 0.406 e. The highest BCUT2D eigenvalue weighted by atomic mass is 32.2. The van der Waals surface area contributed by atoms with Gasteiger partial charge in [-0.15, -0.1) is 0 Å². The predicted octanol–water partition coefficient (Wildman–Crippen LogP) is 4.78. The topological polar surface area (TPSA) is 51.1 Å². The Hall–Kier alpha value is -2.32. The monoisotopic (exact) mass is 424 g/mol. The first-order valence-electron chi connectivity index (χ1n) is 9.12. The molecule has 3 aromatic rings. The average Bonchev–Trinajstić information content (AvgIpc) is 2.87. The minimum absolute atomic E-state index is 0.105. The Labute approximate surface area is 168 Å². The maximum Gasteiger partial charge on any atom is 0.406 e. The molecule has 0 fully saturated rings. The van der Waals surface area contributed by atoms with Gasteiger partial charge in [0.05, 0.1) is 4.90 Å². The number of nitrogens with one attached hydrogen (secondary N) is 1. The van der Waals surface area contributed by atoms with Gasteiger partial charge in [-0.1, -0.05) is 35.9 Å². The number of aromatic nitrogens is 1. The van der Waals surface area contributed by atoms with Gasteiger partial charge in [0.1, 0.15) is 6.04 Å². The van der Waals surface area contributed by atoms with Crippen LogP contribution in [0.3, 0.4) is 0 Å². The van der Waals surface area contributed by atoms with Crippen LogP contribution in [0.25, 0.3) is 10.9 Å². The van der Waals surface area contributed by atoms with Crippen LogP contribution in [0, 0.1) is 27.7 Å². The second-order valence-corrected chi connectivity index (χ2v) is 9.05. The SMILES string of the molecule is Cc1cc(C)c(S(=O)(=O)NC(Cn2c(C)cc3ccccc32)C(F)(F)F)c(C)c1. The highest BCUT2D eigenvalue weighted by Crippen LogP contribution is 2.28. The number of aryl methyl sites for hydroxylation is 4. The van der Waals surface area contributed by atoms with Gasteiger partial charge in [-0.05, 0) is 56.3 Å². The molecule has 0 aliphatic carbocycles. The zero-order valence-electron chi connectivity index (χ0n) is 16.6. The first kappa shape index (κ1) is 21.4. The van der Waals surface area contributed by atoms with Crippen LogP contribution in [-0.2, 0) is 16.6 Å². The summed E-state index contributed by atoms with van der Waals surface area (Å²) in [6, 6.07) is 9.89. The third-order valence-corrected chi connectivity index (χ3v) is 6.72. The molecule has 0 aliphatic heterocycles. The minimum Gasteiger partial charge on any atom is -0.343 e. The molecule has 0 saturated heterocycles. The summed E-state index contributed by atoms with van der Waals surface area (Å²) < 4.78 is 70.6. The molecule has 0 radical (unpaired) electrons. The van der Waals surface area contributed by atoms with Crippen molar-refractivity contribution in [1.29, 1.82) is 0 Å². The van der Waals surface area contributed by atoms with E-state index in [0.29, 0.717) is 22.3 Å². The molecule has 0 saturated carbocycles. The number of fused-ring (bicyclic) bond motifs is 1. The summed E-state index contributed by atoms with van der Waals surface area (Å²) in [6.07, 6.45) is -4.75. The van der Waals surface area contributed by atoms with Crippen LogP contribution in [-0.4, -0.2) is 25.2 Å². The molecule has 8 heteroatoms. The lowest BCUT2D eigenvalue weighted by molar-refractivity contribution is -0.154. The van der Waals surface area contributed by atoms with Crippen molar-refractivity contribution in [3.05, 3.63) is 64.8 Å². The van der Waals surface area contributed by atoms with E-state index in [-0.39, 0.29) is 4.90 Å². The lowest BCUT2D eigenvalue weighted by Gasteiger charge is -2.24. The Morgan fingerprint density at radius 3 is 2.17 bits per heavy atom. The van der Waals surface area contributed by atoms with E-state index in [1.54, 1.807) is 57.2 Å². The molecule has 1 atom stereocenters. The van der Waals surface area contributed by atoms with E-state index in [1.165, 1.54) is 4.57 Å². The average molecular weight is 424 g/mol. The van der Waals surface area contributed by atoms with Crippen molar-refractivity contribution in [3.8, 4) is 0 Å². The van der Waals surface area contributed by atoms with E-state index >= 15 is 0 Å². The van der Waals surface area contributed by atoms with E-state index in [0.717, 1.165) is 10.9 Å². The van der Waals surface area contributed by atoms with Crippen molar-refractivity contribution in [2.75, 3.05) is 0 Å². The number of rotatable bonds is 5. The molecule has 0 aliphatic rings. The van der Waals surface area contributed by atoms with Gasteiger partial charge in [0.25, 0.3) is 0 Å². The third-order valence-electron chi connectivity index (χ3n) is 4.95. The second-order valence-electron chi connectivity index (χ2n) is 7.40. The molecule has 1 heterocycles. The molecule has 156 valence electrons. The number of para-hydroxylation sites is 1. The predicted molar refractivity (Wildman–Crippen MR) is 107 cm³/mol. The number of halogens is 3. The fourth-order valence-corrected chi connectivity index (χ4v) is 5.48. The number of hydrogen-bond donors (Lipinski definition) is 1. The molecule has 0 amide bonds. The molecular formula is C21H23F3N2O2S. The van der Waals surface area contributed by atoms with E-state index in [2.05, 4.69) is 0 Å². The fourth-order valence-electron chi connectivity index (χ4n) is 3.82. The van der Waals surface area contributed by atoms with E-state index in [4.69, 9.17) is 0 Å². The smallest absolute Gasteiger partial charge is 0.343 e. The zero-order chi connectivity index (χ0) is 21.6. The zero-order valence-corrected chi connectivity index (χ0v) is 17.4. The first-order chi connectivity index (χ1) is 13.4. The Balaban J connectivity index is 2.02. The number of nitrogens with zero attached hydrogens (tertiary/aromatic N) is 1. The van der Waals surface area contributed by atoms with Crippen LogP contribution in [0.15, 0.2) is 47.4 Å². The molecule has 1 aromatic heterocycles. The van der Waals surface area contributed by atoms with Crippen molar-refractivity contribution in [3.63, 3.8) is 0 Å². The molecule has 1 N–H and O–H groups in total. The summed E-state index contributed by atoms with van der Waals surface area (Å²) in [4.78, 5) is -0.105. The van der Waals surface area contributed by atoms with Gasteiger partial charge in [0.15, 0.2) is 0 Å². The highest BCUT2D eigenvalue weighted by molar-refractivity contribution is 7.89. The van der Waals surface area contributed by atoms with E-state index < -0.39 is 28.8 Å². The maximum absolute atomic E-state index is 13.8. The van der Waals surface area contributed by atoms with Crippen molar-refractivity contribution < 1.29 is 21.6 Å². The van der Waals surface area contributed by atoms with E-state index in [1.807, 2.05) is 17.7 Å². The molecule has 2 aromatic carbocycles. The van der Waals surface area contributed by atoms with Crippen molar-refractivity contribution in [2.24, 2.45) is 0 Å². The summed E-state index contributed by atoms with van der Waals surface area (Å²) in [5.41, 5.74) is 2.93. The van der Waals surface area contributed by atoms with Crippen LogP contribution in [0.2, 0.25) is 0 Å². The van der Waals surface area contributed by atoms with Gasteiger partial charge in [0, 0.05) is 17.8 Å². The van der Waals surface area contributed by atoms with Crippen molar-refractivity contribution in [2.45, 2.75) is 51.4 Å². The van der Waals surface area contributed by atoms with Crippen LogP contribution in [0.1, 0.15) is 22.4 Å². The fraction of sp³-hybridized carbons (Fsp3) is 0.333. The van der Waals surface area contributed by atoms with Gasteiger partial charge in [-0.3, -0.25) is 0 Å². The molecule has 4 nitrogen and oxygen atoms in total. The number of benzene rings is 2. The van der Waals surface area contributed by atoms with Crippen LogP contribution in [0.4, 0.5) is 13.2 Å². The van der Waals surface area contributed by atoms with E-state index in [9.17, 15) is 21.6 Å². The summed E-state index contributed by atoms with van der Waals surface area (Å²) in [7, 11) is -4.37. The molecule has 1 unspecified atom stereocenters. The Morgan fingerprint density at radius 1 is 1.00 bits per heavy atom. The minimum atomic E-state index is -4.75. The Bertz CT molecular complexity index is 1140. The lowest BCUT2D eigenvalue weighted by Crippen LogP contribution is -2.48. The number of sulfonamides is 1. The third kappa shape index (κ3) is 4.33. The number of alkyl halides is 3. The van der Waals surface area contributed by atoms with Crippen LogP contribution in [0.5, 0.6) is 0 Å². The van der Waals surface area contributed by atoms with Gasteiger partial charge in [-0.2, -0.15) is 17.9 Å². The van der Waals surface area contributed by atoms with Gasteiger partial charge in [0.2, 0.25) is 10.0 Å². The number of hydrogen-bond acceptors (Lipinski definition) is 2. The quantitative estimate of drug-likeness (QED) is 0.641. The normalized spacial score (nSPS) is 13.8. The molecule has 3 rings (SSSR count). The highest BCUT2D eigenvalue weighted by Gasteiger charge is 2.43. The van der Waals surface area contributed by atoms with Crippen LogP contribution >= 0.6 is 0 Å². The summed E-state index contributed by atoms with van der Waals surface area (Å²) in [5.74, 6) is 0. The maximum atomic E-state index is 13.8. The molecule has 0 bridgehead atoms. The molecular weight excluding hydrogens is 401 g/mol. The molecule has 29 heavy (non-hydrogen) atoms. The van der Waals surface area contributed by atoms with Gasteiger partial charge < -0.3 is 4.57 Å². The van der Waals surface area contributed by atoms with Crippen molar-refractivity contribution >= 4 is 20.9 Å². The standard InChI is InChI=1S/C21H23F3N2O2S/c1-13-9-14(2)20(15(3)10-13)29(27,28)25-19(21(22,23)24)12-26-16(4)11-17-7-5-6-8-18(17)26/h5-11,19,25H,12H2,1-4H3. The van der Waals surface area contributed by atoms with Gasteiger partial charge >= 0.3 is 6.18 Å². The summed E-state index contributed by atoms with van der Waals surface area (Å²) in [5, 5.41) is 0.805. The Morgan fingerprint density at radius 2 is 1.59 bits per heavy atom. The second kappa shape index (κ2) is 7.50. The van der Waals surface area contributed by atoms with Crippen LogP contribution < -0.4 is 4.72 Å².